The lowest BCUT2D eigenvalue weighted by Gasteiger charge is -2.32. The van der Waals surface area contributed by atoms with Crippen LogP contribution < -0.4 is 10.6 Å². The van der Waals surface area contributed by atoms with E-state index >= 15 is 0 Å². The minimum Gasteiger partial charge on any atom is -0.481 e. The number of carbonyl (C=O) groups is 3. The van der Waals surface area contributed by atoms with Gasteiger partial charge in [0, 0.05) is 19.6 Å². The van der Waals surface area contributed by atoms with E-state index in [-0.39, 0.29) is 24.3 Å². The highest BCUT2D eigenvalue weighted by molar-refractivity contribution is 5.84. The van der Waals surface area contributed by atoms with Gasteiger partial charge >= 0.3 is 12.0 Å². The molecule has 1 unspecified atom stereocenters. The first-order valence-electron chi connectivity index (χ1n) is 6.59. The van der Waals surface area contributed by atoms with Crippen LogP contribution in [0, 0.1) is 5.41 Å². The summed E-state index contributed by atoms with van der Waals surface area (Å²) in [4.78, 5) is 35.6. The fourth-order valence-corrected chi connectivity index (χ4v) is 1.57. The molecule has 7 nitrogen and oxygen atoms in total. The summed E-state index contributed by atoms with van der Waals surface area (Å²) in [5, 5.41) is 14.1. The topological polar surface area (TPSA) is 98.7 Å². The molecule has 20 heavy (non-hydrogen) atoms. The summed E-state index contributed by atoms with van der Waals surface area (Å²) >= 11 is 0. The second-order valence-corrected chi connectivity index (χ2v) is 5.65. The molecule has 1 atom stereocenters. The third-order valence-electron chi connectivity index (χ3n) is 3.00. The number of likely N-dealkylation sites (N-methyl/N-ethyl adjacent to an activating group) is 2. The number of nitrogens with one attached hydrogen (secondary N) is 2. The molecule has 0 heterocycles. The van der Waals surface area contributed by atoms with E-state index in [9.17, 15) is 14.4 Å². The Kier molecular flexibility index (Phi) is 7.02. The number of carboxylic acids is 1. The van der Waals surface area contributed by atoms with Crippen LogP contribution in [0.1, 0.15) is 34.1 Å². The molecule has 0 bridgehead atoms. The normalized spacial score (nSPS) is 12.4. The molecule has 3 N–H and O–H groups in total. The summed E-state index contributed by atoms with van der Waals surface area (Å²) in [6, 6.07) is -0.941. The molecule has 0 aromatic heterocycles. The molecule has 116 valence electrons. The molecule has 0 saturated heterocycles. The Morgan fingerprint density at radius 2 is 1.80 bits per heavy atom. The van der Waals surface area contributed by atoms with E-state index in [1.165, 1.54) is 11.9 Å². The third-order valence-corrected chi connectivity index (χ3v) is 3.00. The van der Waals surface area contributed by atoms with Gasteiger partial charge in [-0.2, -0.15) is 0 Å². The zero-order valence-electron chi connectivity index (χ0n) is 12.8. The average Bonchev–Trinajstić information content (AvgIpc) is 2.32. The first kappa shape index (κ1) is 18.2. The van der Waals surface area contributed by atoms with Crippen molar-refractivity contribution < 1.29 is 19.5 Å². The van der Waals surface area contributed by atoms with Crippen LogP contribution in [-0.4, -0.2) is 54.1 Å². The first-order chi connectivity index (χ1) is 9.11. The monoisotopic (exact) mass is 287 g/mol. The van der Waals surface area contributed by atoms with Crippen molar-refractivity contribution in [2.24, 2.45) is 5.41 Å². The van der Waals surface area contributed by atoms with Crippen molar-refractivity contribution in [3.05, 3.63) is 0 Å². The molecule has 0 fully saturated rings. The van der Waals surface area contributed by atoms with E-state index in [0.29, 0.717) is 6.54 Å². The van der Waals surface area contributed by atoms with Gasteiger partial charge < -0.3 is 20.6 Å². The van der Waals surface area contributed by atoms with Crippen LogP contribution in [-0.2, 0) is 9.59 Å². The standard InChI is InChI=1S/C13H25N3O4/c1-6-16(8-10(17)14-5)12(20)15-9(7-11(18)19)13(2,3)4/h9H,6-8H2,1-5H3,(H,14,17)(H,15,20)(H,18,19). The van der Waals surface area contributed by atoms with Crippen molar-refractivity contribution >= 4 is 17.9 Å². The molecule has 0 aliphatic carbocycles. The number of carboxylic acid groups (broad SMARTS) is 1. The number of carbonyl (C=O) groups excluding carboxylic acids is 2. The van der Waals surface area contributed by atoms with Crippen LogP contribution in [0.25, 0.3) is 0 Å². The highest BCUT2D eigenvalue weighted by atomic mass is 16.4. The molecular formula is C13H25N3O4. The van der Waals surface area contributed by atoms with Crippen molar-refractivity contribution in [3.8, 4) is 0 Å². The SMILES string of the molecule is CCN(CC(=O)NC)C(=O)NC(CC(=O)O)C(C)(C)C. The Morgan fingerprint density at radius 1 is 1.25 bits per heavy atom. The predicted octanol–water partition coefficient (Wildman–Crippen LogP) is 0.653. The molecule has 0 aliphatic rings. The van der Waals surface area contributed by atoms with Gasteiger partial charge in [0.25, 0.3) is 0 Å². The first-order valence-corrected chi connectivity index (χ1v) is 6.59. The molecule has 0 aromatic carbocycles. The second kappa shape index (κ2) is 7.72. The lowest BCUT2D eigenvalue weighted by Crippen LogP contribution is -2.52. The largest absolute Gasteiger partial charge is 0.481 e. The molecule has 3 amide bonds. The molecule has 0 saturated carbocycles. The smallest absolute Gasteiger partial charge is 0.318 e. The van der Waals surface area contributed by atoms with Gasteiger partial charge in [0.15, 0.2) is 0 Å². The fourth-order valence-electron chi connectivity index (χ4n) is 1.57. The fraction of sp³-hybridized carbons (Fsp3) is 0.769. The van der Waals surface area contributed by atoms with Crippen LogP contribution in [0.3, 0.4) is 0 Å². The summed E-state index contributed by atoms with van der Waals surface area (Å²) in [7, 11) is 1.50. The van der Waals surface area contributed by atoms with Gasteiger partial charge in [-0.3, -0.25) is 9.59 Å². The maximum absolute atomic E-state index is 12.1. The summed E-state index contributed by atoms with van der Waals surface area (Å²) in [5.74, 6) is -1.24. The van der Waals surface area contributed by atoms with Crippen molar-refractivity contribution in [1.29, 1.82) is 0 Å². The minimum atomic E-state index is -0.973. The van der Waals surface area contributed by atoms with Crippen molar-refractivity contribution in [1.82, 2.24) is 15.5 Å². The Labute approximate surface area is 119 Å². The van der Waals surface area contributed by atoms with Gasteiger partial charge in [0.1, 0.15) is 6.54 Å². The lowest BCUT2D eigenvalue weighted by molar-refractivity contribution is -0.138. The van der Waals surface area contributed by atoms with Crippen LogP contribution >= 0.6 is 0 Å². The number of nitrogens with zero attached hydrogens (tertiary/aromatic N) is 1. The average molecular weight is 287 g/mol. The highest BCUT2D eigenvalue weighted by Gasteiger charge is 2.30. The van der Waals surface area contributed by atoms with E-state index in [2.05, 4.69) is 10.6 Å². The van der Waals surface area contributed by atoms with Gasteiger partial charge in [-0.15, -0.1) is 0 Å². The lowest BCUT2D eigenvalue weighted by atomic mass is 9.85. The summed E-state index contributed by atoms with van der Waals surface area (Å²) in [6.45, 7) is 7.64. The summed E-state index contributed by atoms with van der Waals surface area (Å²) < 4.78 is 0. The quantitative estimate of drug-likeness (QED) is 0.668. The molecule has 0 radical (unpaired) electrons. The molecule has 0 aliphatic heterocycles. The van der Waals surface area contributed by atoms with Crippen LogP contribution in [0.4, 0.5) is 4.79 Å². The zero-order chi connectivity index (χ0) is 15.9. The third kappa shape index (κ3) is 6.40. The Morgan fingerprint density at radius 3 is 2.15 bits per heavy atom. The number of rotatable bonds is 6. The van der Waals surface area contributed by atoms with E-state index in [1.807, 2.05) is 20.8 Å². The van der Waals surface area contributed by atoms with Crippen LogP contribution in [0.15, 0.2) is 0 Å². The van der Waals surface area contributed by atoms with Crippen LogP contribution in [0.2, 0.25) is 0 Å². The van der Waals surface area contributed by atoms with Crippen molar-refractivity contribution in [2.45, 2.75) is 40.2 Å². The molecule has 0 aromatic rings. The van der Waals surface area contributed by atoms with E-state index in [1.54, 1.807) is 6.92 Å². The number of hydrogen-bond acceptors (Lipinski definition) is 3. The predicted molar refractivity (Wildman–Crippen MR) is 75.3 cm³/mol. The molecule has 0 rings (SSSR count). The van der Waals surface area contributed by atoms with Gasteiger partial charge in [0.05, 0.1) is 6.42 Å². The molecule has 7 heteroatoms. The Balaban J connectivity index is 4.80. The van der Waals surface area contributed by atoms with E-state index in [4.69, 9.17) is 5.11 Å². The summed E-state index contributed by atoms with van der Waals surface area (Å²) in [5.41, 5.74) is -0.388. The van der Waals surface area contributed by atoms with Gasteiger partial charge in [-0.1, -0.05) is 20.8 Å². The number of hydrogen-bond donors (Lipinski definition) is 3. The van der Waals surface area contributed by atoms with Crippen molar-refractivity contribution in [2.75, 3.05) is 20.1 Å². The minimum absolute atomic E-state index is 0.0528. The molecule has 0 spiro atoms. The summed E-state index contributed by atoms with van der Waals surface area (Å²) in [6.07, 6.45) is -0.160. The Bertz CT molecular complexity index is 363. The van der Waals surface area contributed by atoms with Crippen LogP contribution in [0.5, 0.6) is 0 Å². The van der Waals surface area contributed by atoms with E-state index < -0.39 is 18.0 Å². The maximum Gasteiger partial charge on any atom is 0.318 e. The molecular weight excluding hydrogens is 262 g/mol. The number of aliphatic carboxylic acids is 1. The number of urea groups is 1. The van der Waals surface area contributed by atoms with E-state index in [0.717, 1.165) is 0 Å². The van der Waals surface area contributed by atoms with Gasteiger partial charge in [-0.05, 0) is 12.3 Å². The van der Waals surface area contributed by atoms with Crippen molar-refractivity contribution in [3.63, 3.8) is 0 Å². The Hall–Kier alpha value is -1.79. The number of amides is 3. The maximum atomic E-state index is 12.1. The van der Waals surface area contributed by atoms with Gasteiger partial charge in [-0.25, -0.2) is 4.79 Å². The highest BCUT2D eigenvalue weighted by Crippen LogP contribution is 2.22. The second-order valence-electron chi connectivity index (χ2n) is 5.65. The van der Waals surface area contributed by atoms with Gasteiger partial charge in [0.2, 0.25) is 5.91 Å². The zero-order valence-corrected chi connectivity index (χ0v) is 12.8.